The molecular weight excluding hydrogens is 418 g/mol. The van der Waals surface area contributed by atoms with E-state index in [4.69, 9.17) is 4.74 Å². The highest BCUT2D eigenvalue weighted by Crippen LogP contribution is 2.30. The minimum Gasteiger partial charge on any atom is -0.457 e. The summed E-state index contributed by atoms with van der Waals surface area (Å²) in [6.07, 6.45) is 2.20. The molecule has 0 amide bonds. The van der Waals surface area contributed by atoms with Crippen LogP contribution >= 0.6 is 0 Å². The summed E-state index contributed by atoms with van der Waals surface area (Å²) in [5.74, 6) is 0.00115. The van der Waals surface area contributed by atoms with Gasteiger partial charge >= 0.3 is 5.97 Å². The zero-order valence-corrected chi connectivity index (χ0v) is 17.5. The average Bonchev–Trinajstić information content (AvgIpc) is 3.43. The number of benzene rings is 1. The van der Waals surface area contributed by atoms with E-state index in [2.05, 4.69) is 25.3 Å². The SMILES string of the molecule is Cc1c(C2CN(Cc3cnc(-n4ccc(C(F)F)n4)nc3)CCN2)ccc2c1COC2=O. The lowest BCUT2D eigenvalue weighted by molar-refractivity contribution is 0.0535. The lowest BCUT2D eigenvalue weighted by Crippen LogP contribution is -2.45. The number of halogens is 2. The van der Waals surface area contributed by atoms with Crippen LogP contribution in [-0.2, 0) is 17.9 Å². The van der Waals surface area contributed by atoms with E-state index < -0.39 is 6.43 Å². The van der Waals surface area contributed by atoms with Gasteiger partial charge in [-0.2, -0.15) is 5.10 Å². The number of hydrogen-bond donors (Lipinski definition) is 1. The normalized spacial score (nSPS) is 18.8. The third-order valence-electron chi connectivity index (χ3n) is 5.98. The Labute approximate surface area is 183 Å². The second-order valence-corrected chi connectivity index (χ2v) is 8.00. The van der Waals surface area contributed by atoms with Crippen LogP contribution in [0, 0.1) is 6.92 Å². The average molecular weight is 440 g/mol. The van der Waals surface area contributed by atoms with Crippen molar-refractivity contribution in [3.05, 3.63) is 70.3 Å². The van der Waals surface area contributed by atoms with E-state index in [1.807, 2.05) is 19.1 Å². The third-order valence-corrected chi connectivity index (χ3v) is 5.98. The Bertz CT molecular complexity index is 1150. The first kappa shape index (κ1) is 20.7. The molecule has 0 spiro atoms. The van der Waals surface area contributed by atoms with E-state index in [0.717, 1.165) is 36.3 Å². The van der Waals surface area contributed by atoms with Gasteiger partial charge in [0.25, 0.3) is 6.43 Å². The van der Waals surface area contributed by atoms with Gasteiger partial charge in [-0.3, -0.25) is 4.90 Å². The summed E-state index contributed by atoms with van der Waals surface area (Å²) in [6, 6.07) is 5.26. The Morgan fingerprint density at radius 1 is 1.25 bits per heavy atom. The number of carbonyl (C=O) groups excluding carboxylic acids is 1. The molecule has 3 aromatic rings. The van der Waals surface area contributed by atoms with Gasteiger partial charge < -0.3 is 10.1 Å². The number of aromatic nitrogens is 4. The van der Waals surface area contributed by atoms with Crippen molar-refractivity contribution in [2.24, 2.45) is 0 Å². The lowest BCUT2D eigenvalue weighted by atomic mass is 9.93. The molecule has 32 heavy (non-hydrogen) atoms. The van der Waals surface area contributed by atoms with Crippen LogP contribution in [0.3, 0.4) is 0 Å². The first-order chi connectivity index (χ1) is 15.5. The van der Waals surface area contributed by atoms with Crippen molar-refractivity contribution in [2.75, 3.05) is 19.6 Å². The summed E-state index contributed by atoms with van der Waals surface area (Å²) >= 11 is 0. The van der Waals surface area contributed by atoms with Crippen molar-refractivity contribution in [3.63, 3.8) is 0 Å². The number of nitrogens with one attached hydrogen (secondary N) is 1. The highest BCUT2D eigenvalue weighted by molar-refractivity contribution is 5.93. The van der Waals surface area contributed by atoms with Gasteiger partial charge in [-0.05, 0) is 30.2 Å². The second-order valence-electron chi connectivity index (χ2n) is 8.00. The molecule has 1 aromatic carbocycles. The summed E-state index contributed by atoms with van der Waals surface area (Å²) in [5.41, 5.74) is 4.54. The van der Waals surface area contributed by atoms with Crippen LogP contribution in [0.5, 0.6) is 0 Å². The van der Waals surface area contributed by atoms with Gasteiger partial charge in [-0.25, -0.2) is 28.2 Å². The van der Waals surface area contributed by atoms with E-state index >= 15 is 0 Å². The lowest BCUT2D eigenvalue weighted by Gasteiger charge is -2.34. The van der Waals surface area contributed by atoms with E-state index in [0.29, 0.717) is 18.7 Å². The van der Waals surface area contributed by atoms with E-state index in [9.17, 15) is 13.6 Å². The summed E-state index contributed by atoms with van der Waals surface area (Å²) in [4.78, 5) is 22.7. The fraction of sp³-hybridized carbons (Fsp3) is 0.364. The topological polar surface area (TPSA) is 85.2 Å². The van der Waals surface area contributed by atoms with Crippen molar-refractivity contribution in [1.29, 1.82) is 0 Å². The van der Waals surface area contributed by atoms with Crippen LogP contribution in [0.1, 0.15) is 50.8 Å². The number of ether oxygens (including phenoxy) is 1. The maximum atomic E-state index is 12.7. The number of carbonyl (C=O) groups is 1. The van der Waals surface area contributed by atoms with Gasteiger partial charge in [0.15, 0.2) is 0 Å². The molecule has 2 aromatic heterocycles. The minimum atomic E-state index is -2.63. The second kappa shape index (κ2) is 8.36. The molecule has 5 rings (SSSR count). The molecule has 1 atom stereocenters. The Morgan fingerprint density at radius 3 is 2.81 bits per heavy atom. The predicted molar refractivity (Wildman–Crippen MR) is 110 cm³/mol. The van der Waals surface area contributed by atoms with Gasteiger partial charge in [-0.1, -0.05) is 6.07 Å². The number of nitrogens with zero attached hydrogens (tertiary/aromatic N) is 5. The fourth-order valence-corrected chi connectivity index (χ4v) is 4.28. The summed E-state index contributed by atoms with van der Waals surface area (Å²) in [7, 11) is 0. The van der Waals surface area contributed by atoms with Crippen LogP contribution in [0.25, 0.3) is 5.95 Å². The zero-order valence-electron chi connectivity index (χ0n) is 17.5. The van der Waals surface area contributed by atoms with Crippen LogP contribution in [-0.4, -0.2) is 50.3 Å². The molecule has 10 heteroatoms. The van der Waals surface area contributed by atoms with Gasteiger partial charge in [0.2, 0.25) is 5.95 Å². The Kier molecular flexibility index (Phi) is 5.40. The molecule has 2 aliphatic heterocycles. The van der Waals surface area contributed by atoms with Crippen LogP contribution in [0.4, 0.5) is 8.78 Å². The number of alkyl halides is 2. The molecule has 1 N–H and O–H groups in total. The number of fused-ring (bicyclic) bond motifs is 1. The number of hydrogen-bond acceptors (Lipinski definition) is 7. The quantitative estimate of drug-likeness (QED) is 0.611. The molecule has 0 aliphatic carbocycles. The Balaban J connectivity index is 1.27. The van der Waals surface area contributed by atoms with Crippen molar-refractivity contribution in [3.8, 4) is 5.95 Å². The van der Waals surface area contributed by atoms with Crippen molar-refractivity contribution in [1.82, 2.24) is 30.0 Å². The van der Waals surface area contributed by atoms with E-state index in [-0.39, 0.29) is 23.7 Å². The smallest absolute Gasteiger partial charge is 0.338 e. The molecule has 1 saturated heterocycles. The van der Waals surface area contributed by atoms with Gasteiger partial charge in [0.05, 0.1) is 5.56 Å². The molecule has 1 fully saturated rings. The number of rotatable bonds is 5. The van der Waals surface area contributed by atoms with Crippen molar-refractivity contribution >= 4 is 5.97 Å². The van der Waals surface area contributed by atoms with Crippen molar-refractivity contribution in [2.45, 2.75) is 32.5 Å². The highest BCUT2D eigenvalue weighted by atomic mass is 19.3. The van der Waals surface area contributed by atoms with E-state index in [1.165, 1.54) is 22.5 Å². The zero-order chi connectivity index (χ0) is 22.2. The standard InChI is InChI=1S/C22H22F2N6O2/c1-13-15(2-3-16-17(13)12-32-21(16)31)19-11-29(7-5-25-19)10-14-8-26-22(27-9-14)30-6-4-18(28-30)20(23)24/h2-4,6,8-9,19-20,25H,5,7,10-12H2,1H3. The van der Waals surface area contributed by atoms with Gasteiger partial charge in [0.1, 0.15) is 12.3 Å². The van der Waals surface area contributed by atoms with Gasteiger partial charge in [-0.15, -0.1) is 0 Å². The van der Waals surface area contributed by atoms with Crippen LogP contribution in [0.15, 0.2) is 36.8 Å². The molecule has 0 bridgehead atoms. The maximum Gasteiger partial charge on any atom is 0.338 e. The summed E-state index contributed by atoms with van der Waals surface area (Å²) in [5, 5.41) is 7.36. The Hall–Kier alpha value is -3.24. The third kappa shape index (κ3) is 3.87. The molecule has 8 nitrogen and oxygen atoms in total. The molecular formula is C22H22F2N6O2. The fourth-order valence-electron chi connectivity index (χ4n) is 4.28. The molecule has 1 unspecified atom stereocenters. The molecule has 0 radical (unpaired) electrons. The summed E-state index contributed by atoms with van der Waals surface area (Å²) in [6.45, 7) is 5.56. The first-order valence-corrected chi connectivity index (χ1v) is 10.4. The predicted octanol–water partition coefficient (Wildman–Crippen LogP) is 2.73. The first-order valence-electron chi connectivity index (χ1n) is 10.4. The van der Waals surface area contributed by atoms with Crippen molar-refractivity contribution < 1.29 is 18.3 Å². The number of piperazine rings is 1. The molecule has 4 heterocycles. The monoisotopic (exact) mass is 440 g/mol. The number of esters is 1. The highest BCUT2D eigenvalue weighted by Gasteiger charge is 2.28. The minimum absolute atomic E-state index is 0.141. The molecule has 2 aliphatic rings. The largest absolute Gasteiger partial charge is 0.457 e. The van der Waals surface area contributed by atoms with Gasteiger partial charge in [0, 0.05) is 61.9 Å². The maximum absolute atomic E-state index is 12.7. The molecule has 0 saturated carbocycles. The Morgan fingerprint density at radius 2 is 2.06 bits per heavy atom. The summed E-state index contributed by atoms with van der Waals surface area (Å²) < 4.78 is 31.9. The number of cyclic esters (lactones) is 1. The van der Waals surface area contributed by atoms with Crippen LogP contribution < -0.4 is 5.32 Å². The van der Waals surface area contributed by atoms with Crippen LogP contribution in [0.2, 0.25) is 0 Å². The van der Waals surface area contributed by atoms with E-state index in [1.54, 1.807) is 12.4 Å². The molecule has 166 valence electrons.